The molecule has 0 amide bonds. The number of benzene rings is 1. The maximum atomic E-state index is 11.9. The smallest absolute Gasteiger partial charge is 0.345 e. The summed E-state index contributed by atoms with van der Waals surface area (Å²) in [4.78, 5) is 47.1. The molecular formula is C20H22O8. The highest BCUT2D eigenvalue weighted by atomic mass is 16.5. The van der Waals surface area contributed by atoms with Gasteiger partial charge < -0.3 is 19.7 Å². The number of ether oxygens (including phenoxy) is 2. The summed E-state index contributed by atoms with van der Waals surface area (Å²) >= 11 is 0. The molecule has 0 atom stereocenters. The van der Waals surface area contributed by atoms with Crippen molar-refractivity contribution in [2.45, 2.75) is 27.7 Å². The van der Waals surface area contributed by atoms with Gasteiger partial charge in [-0.3, -0.25) is 9.59 Å². The molecule has 0 aliphatic rings. The minimum Gasteiger partial charge on any atom is -0.506 e. The number of aliphatic hydroxyl groups is 2. The number of hydrogen-bond donors (Lipinski definition) is 2. The Kier molecular flexibility index (Phi) is 8.12. The van der Waals surface area contributed by atoms with Crippen molar-refractivity contribution in [2.75, 3.05) is 13.2 Å². The molecule has 8 heteroatoms. The van der Waals surface area contributed by atoms with E-state index in [0.29, 0.717) is 0 Å². The second kappa shape index (κ2) is 10.1. The molecule has 0 unspecified atom stereocenters. The van der Waals surface area contributed by atoms with E-state index >= 15 is 0 Å². The van der Waals surface area contributed by atoms with Crippen LogP contribution in [0.5, 0.6) is 0 Å². The van der Waals surface area contributed by atoms with Gasteiger partial charge in [0.25, 0.3) is 0 Å². The molecule has 0 saturated heterocycles. The molecule has 2 N–H and O–H groups in total. The summed E-state index contributed by atoms with van der Waals surface area (Å²) in [7, 11) is 0. The third-order valence-corrected chi connectivity index (χ3v) is 3.57. The lowest BCUT2D eigenvalue weighted by Crippen LogP contribution is -2.16. The van der Waals surface area contributed by atoms with Gasteiger partial charge >= 0.3 is 11.9 Å². The number of carbonyl (C=O) groups is 4. The standard InChI is InChI=1S/C20H22O8/c1-5-27-19(25)15(11(3)21)17(23)13-7-9-14(10-8-13)18(24)16(12(4)22)20(26)28-6-2/h7-10,23-24H,5-6H2,1-4H3/b17-15-,18-16-. The zero-order valence-corrected chi connectivity index (χ0v) is 16.1. The summed E-state index contributed by atoms with van der Waals surface area (Å²) in [6.07, 6.45) is 0. The van der Waals surface area contributed by atoms with Crippen LogP contribution in [0.1, 0.15) is 38.8 Å². The van der Waals surface area contributed by atoms with Gasteiger partial charge in [0, 0.05) is 11.1 Å². The summed E-state index contributed by atoms with van der Waals surface area (Å²) < 4.78 is 9.53. The fraction of sp³-hybridized carbons (Fsp3) is 0.300. The number of aliphatic hydroxyl groups excluding tert-OH is 2. The van der Waals surface area contributed by atoms with Crippen LogP contribution < -0.4 is 0 Å². The van der Waals surface area contributed by atoms with Gasteiger partial charge in [-0.1, -0.05) is 24.3 Å². The summed E-state index contributed by atoms with van der Waals surface area (Å²) in [5.74, 6) is -4.44. The number of Topliss-reactive ketones (excluding diaryl/α,β-unsaturated/α-hetero) is 2. The summed E-state index contributed by atoms with van der Waals surface area (Å²) in [6.45, 7) is 5.41. The summed E-state index contributed by atoms with van der Waals surface area (Å²) in [5, 5.41) is 20.6. The van der Waals surface area contributed by atoms with Crippen molar-refractivity contribution in [3.63, 3.8) is 0 Å². The van der Waals surface area contributed by atoms with Gasteiger partial charge in [-0.15, -0.1) is 0 Å². The Hall–Kier alpha value is -3.42. The molecule has 0 spiro atoms. The van der Waals surface area contributed by atoms with E-state index in [2.05, 4.69) is 0 Å². The van der Waals surface area contributed by atoms with E-state index in [9.17, 15) is 29.4 Å². The van der Waals surface area contributed by atoms with Crippen LogP contribution in [0.25, 0.3) is 11.5 Å². The first-order valence-corrected chi connectivity index (χ1v) is 8.48. The number of ketones is 2. The van der Waals surface area contributed by atoms with Crippen molar-refractivity contribution in [1.29, 1.82) is 0 Å². The normalized spacial score (nSPS) is 12.4. The Labute approximate surface area is 162 Å². The minimum atomic E-state index is -0.958. The van der Waals surface area contributed by atoms with Crippen LogP contribution >= 0.6 is 0 Å². The van der Waals surface area contributed by atoms with Crippen LogP contribution in [0.3, 0.4) is 0 Å². The van der Waals surface area contributed by atoms with Crippen molar-refractivity contribution in [3.05, 3.63) is 46.5 Å². The first-order chi connectivity index (χ1) is 13.1. The lowest BCUT2D eigenvalue weighted by atomic mass is 10.0. The number of esters is 2. The van der Waals surface area contributed by atoms with Gasteiger partial charge in [-0.2, -0.15) is 0 Å². The fourth-order valence-corrected chi connectivity index (χ4v) is 2.30. The molecule has 0 aliphatic heterocycles. The van der Waals surface area contributed by atoms with Crippen LogP contribution in [-0.2, 0) is 28.7 Å². The maximum absolute atomic E-state index is 11.9. The van der Waals surface area contributed by atoms with Gasteiger partial charge in [-0.25, -0.2) is 9.59 Å². The third-order valence-electron chi connectivity index (χ3n) is 3.57. The van der Waals surface area contributed by atoms with Gasteiger partial charge in [0.1, 0.15) is 22.7 Å². The van der Waals surface area contributed by atoms with Crippen LogP contribution in [0.15, 0.2) is 35.4 Å². The Morgan fingerprint density at radius 2 is 1.00 bits per heavy atom. The molecule has 1 aromatic carbocycles. The molecular weight excluding hydrogens is 368 g/mol. The highest BCUT2D eigenvalue weighted by molar-refractivity contribution is 6.21. The maximum Gasteiger partial charge on any atom is 0.345 e. The lowest BCUT2D eigenvalue weighted by Gasteiger charge is -2.10. The fourth-order valence-electron chi connectivity index (χ4n) is 2.30. The first kappa shape index (κ1) is 22.6. The Morgan fingerprint density at radius 3 is 1.21 bits per heavy atom. The molecule has 28 heavy (non-hydrogen) atoms. The van der Waals surface area contributed by atoms with Crippen molar-refractivity contribution < 1.29 is 38.9 Å². The molecule has 0 fully saturated rings. The number of hydrogen-bond acceptors (Lipinski definition) is 8. The van der Waals surface area contributed by atoms with Crippen molar-refractivity contribution in [2.24, 2.45) is 0 Å². The molecule has 0 aliphatic carbocycles. The van der Waals surface area contributed by atoms with E-state index in [1.807, 2.05) is 0 Å². The zero-order valence-electron chi connectivity index (χ0n) is 16.1. The minimum absolute atomic E-state index is 0.0299. The Bertz CT molecular complexity index is 772. The molecule has 0 radical (unpaired) electrons. The molecule has 0 heterocycles. The van der Waals surface area contributed by atoms with Crippen LogP contribution in [0.2, 0.25) is 0 Å². The van der Waals surface area contributed by atoms with Gasteiger partial charge in [-0.05, 0) is 27.7 Å². The first-order valence-electron chi connectivity index (χ1n) is 8.48. The molecule has 0 aromatic heterocycles. The SMILES string of the molecule is CCOC(=O)/C(C(C)=O)=C(\O)c1ccc(/C(O)=C(\C(C)=O)C(=O)OCC)cc1. The molecule has 0 bridgehead atoms. The second-order valence-corrected chi connectivity index (χ2v) is 5.58. The topological polar surface area (TPSA) is 127 Å². The van der Waals surface area contributed by atoms with E-state index in [4.69, 9.17) is 9.47 Å². The van der Waals surface area contributed by atoms with Crippen molar-refractivity contribution in [1.82, 2.24) is 0 Å². The molecule has 1 rings (SSSR count). The van der Waals surface area contributed by atoms with Crippen LogP contribution in [-0.4, -0.2) is 46.9 Å². The lowest BCUT2D eigenvalue weighted by molar-refractivity contribution is -0.141. The van der Waals surface area contributed by atoms with E-state index in [-0.39, 0.29) is 24.3 Å². The van der Waals surface area contributed by atoms with Gasteiger partial charge in [0.15, 0.2) is 11.6 Å². The predicted octanol–water partition coefficient (Wildman–Crippen LogP) is 2.53. The zero-order chi connectivity index (χ0) is 21.4. The third kappa shape index (κ3) is 5.29. The highest BCUT2D eigenvalue weighted by Gasteiger charge is 2.24. The van der Waals surface area contributed by atoms with Crippen molar-refractivity contribution in [3.8, 4) is 0 Å². The van der Waals surface area contributed by atoms with Gasteiger partial charge in [0.05, 0.1) is 13.2 Å². The van der Waals surface area contributed by atoms with E-state index in [1.54, 1.807) is 13.8 Å². The van der Waals surface area contributed by atoms with Crippen molar-refractivity contribution >= 4 is 35.0 Å². The van der Waals surface area contributed by atoms with E-state index in [1.165, 1.54) is 24.3 Å². The monoisotopic (exact) mass is 390 g/mol. The molecule has 1 aromatic rings. The Morgan fingerprint density at radius 1 is 0.714 bits per heavy atom. The highest BCUT2D eigenvalue weighted by Crippen LogP contribution is 2.23. The van der Waals surface area contributed by atoms with E-state index < -0.39 is 46.2 Å². The molecule has 150 valence electrons. The predicted molar refractivity (Wildman–Crippen MR) is 100 cm³/mol. The largest absolute Gasteiger partial charge is 0.506 e. The molecule has 8 nitrogen and oxygen atoms in total. The molecule has 0 saturated carbocycles. The van der Waals surface area contributed by atoms with Crippen LogP contribution in [0.4, 0.5) is 0 Å². The van der Waals surface area contributed by atoms with Gasteiger partial charge in [0.2, 0.25) is 0 Å². The Balaban J connectivity index is 3.39. The summed E-state index contributed by atoms with van der Waals surface area (Å²) in [5.41, 5.74) is -0.804. The van der Waals surface area contributed by atoms with Crippen LogP contribution in [0, 0.1) is 0 Å². The number of carbonyl (C=O) groups excluding carboxylic acids is 4. The second-order valence-electron chi connectivity index (χ2n) is 5.58. The quantitative estimate of drug-likeness (QED) is 0.228. The number of rotatable bonds is 8. The van der Waals surface area contributed by atoms with E-state index in [0.717, 1.165) is 13.8 Å². The summed E-state index contributed by atoms with van der Waals surface area (Å²) in [6, 6.07) is 5.25. The average Bonchev–Trinajstić information content (AvgIpc) is 2.61. The average molecular weight is 390 g/mol.